The van der Waals surface area contributed by atoms with E-state index in [1.807, 2.05) is 6.92 Å². The number of nitro benzene ring substituents is 1. The van der Waals surface area contributed by atoms with Crippen molar-refractivity contribution < 1.29 is 33.1 Å². The molecule has 0 aliphatic carbocycles. The van der Waals surface area contributed by atoms with Crippen LogP contribution in [0.4, 0.5) is 15.8 Å². The highest BCUT2D eigenvalue weighted by atomic mass is 19.1. The van der Waals surface area contributed by atoms with E-state index in [0.29, 0.717) is 18.1 Å². The number of esters is 1. The zero-order chi connectivity index (χ0) is 21.4. The second kappa shape index (κ2) is 10.0. The molecule has 0 aliphatic heterocycles. The normalized spacial score (nSPS) is 10.2. The standard InChI is InChI=1S/C19H19FN2O7/c1-3-8-28-16-7-4-12(9-17(16)27-2)19(24)29-11-18(23)21-13-5-6-14(20)15(10-13)22(25)26/h4-7,9-10H,3,8,11H2,1-2H3,(H,21,23). The quantitative estimate of drug-likeness (QED) is 0.386. The van der Waals surface area contributed by atoms with Crippen LogP contribution in [-0.2, 0) is 9.53 Å². The Balaban J connectivity index is 1.97. The molecule has 0 atom stereocenters. The number of benzene rings is 2. The monoisotopic (exact) mass is 406 g/mol. The summed E-state index contributed by atoms with van der Waals surface area (Å²) in [6, 6.07) is 7.33. The molecule has 0 saturated heterocycles. The minimum Gasteiger partial charge on any atom is -0.493 e. The fourth-order valence-electron chi connectivity index (χ4n) is 2.27. The number of carbonyl (C=O) groups excluding carboxylic acids is 2. The third-order valence-corrected chi connectivity index (χ3v) is 3.62. The first-order valence-corrected chi connectivity index (χ1v) is 8.57. The number of rotatable bonds is 9. The molecule has 10 heteroatoms. The molecular formula is C19H19FN2O7. The van der Waals surface area contributed by atoms with E-state index in [2.05, 4.69) is 5.32 Å². The van der Waals surface area contributed by atoms with Gasteiger partial charge in [0.15, 0.2) is 18.1 Å². The Morgan fingerprint density at radius 3 is 2.59 bits per heavy atom. The second-order valence-corrected chi connectivity index (χ2v) is 5.76. The van der Waals surface area contributed by atoms with E-state index in [-0.39, 0.29) is 11.3 Å². The van der Waals surface area contributed by atoms with Crippen molar-refractivity contribution in [2.75, 3.05) is 25.6 Å². The van der Waals surface area contributed by atoms with Gasteiger partial charge in [-0.2, -0.15) is 4.39 Å². The van der Waals surface area contributed by atoms with Crippen molar-refractivity contribution >= 4 is 23.3 Å². The van der Waals surface area contributed by atoms with Crippen molar-refractivity contribution in [3.8, 4) is 11.5 Å². The average molecular weight is 406 g/mol. The van der Waals surface area contributed by atoms with Gasteiger partial charge < -0.3 is 19.5 Å². The van der Waals surface area contributed by atoms with Crippen LogP contribution in [0.3, 0.4) is 0 Å². The number of carbonyl (C=O) groups is 2. The molecule has 154 valence electrons. The summed E-state index contributed by atoms with van der Waals surface area (Å²) < 4.78 is 28.9. The van der Waals surface area contributed by atoms with Gasteiger partial charge in [0.05, 0.1) is 24.2 Å². The highest BCUT2D eigenvalue weighted by Gasteiger charge is 2.17. The Morgan fingerprint density at radius 2 is 1.93 bits per heavy atom. The van der Waals surface area contributed by atoms with Crippen LogP contribution in [0, 0.1) is 15.9 Å². The van der Waals surface area contributed by atoms with Crippen molar-refractivity contribution in [2.45, 2.75) is 13.3 Å². The lowest BCUT2D eigenvalue weighted by molar-refractivity contribution is -0.387. The first-order chi connectivity index (χ1) is 13.8. The van der Waals surface area contributed by atoms with E-state index in [0.717, 1.165) is 24.6 Å². The van der Waals surface area contributed by atoms with Gasteiger partial charge in [-0.15, -0.1) is 0 Å². The molecule has 0 aliphatic rings. The van der Waals surface area contributed by atoms with Gasteiger partial charge in [0, 0.05) is 11.8 Å². The maximum Gasteiger partial charge on any atom is 0.338 e. The summed E-state index contributed by atoms with van der Waals surface area (Å²) in [4.78, 5) is 33.9. The van der Waals surface area contributed by atoms with E-state index >= 15 is 0 Å². The molecule has 9 nitrogen and oxygen atoms in total. The average Bonchev–Trinajstić information content (AvgIpc) is 2.71. The maximum absolute atomic E-state index is 13.3. The summed E-state index contributed by atoms with van der Waals surface area (Å²) >= 11 is 0. The molecule has 0 heterocycles. The smallest absolute Gasteiger partial charge is 0.338 e. The molecule has 0 fully saturated rings. The van der Waals surface area contributed by atoms with Crippen molar-refractivity contribution in [1.82, 2.24) is 0 Å². The van der Waals surface area contributed by atoms with Crippen molar-refractivity contribution in [3.05, 3.63) is 57.9 Å². The lowest BCUT2D eigenvalue weighted by Gasteiger charge is -2.11. The van der Waals surface area contributed by atoms with Gasteiger partial charge in [-0.05, 0) is 36.8 Å². The zero-order valence-corrected chi connectivity index (χ0v) is 15.8. The van der Waals surface area contributed by atoms with Crippen molar-refractivity contribution in [2.24, 2.45) is 0 Å². The molecule has 29 heavy (non-hydrogen) atoms. The molecule has 0 radical (unpaired) electrons. The number of hydrogen-bond acceptors (Lipinski definition) is 7. The van der Waals surface area contributed by atoms with Crippen molar-refractivity contribution in [3.63, 3.8) is 0 Å². The first-order valence-electron chi connectivity index (χ1n) is 8.57. The van der Waals surface area contributed by atoms with Crippen LogP contribution >= 0.6 is 0 Å². The Labute approximate surface area is 165 Å². The molecule has 0 bridgehead atoms. The van der Waals surface area contributed by atoms with Crippen LogP contribution in [0.1, 0.15) is 23.7 Å². The largest absolute Gasteiger partial charge is 0.493 e. The number of hydrogen-bond donors (Lipinski definition) is 1. The van der Waals surface area contributed by atoms with Gasteiger partial charge >= 0.3 is 11.7 Å². The van der Waals surface area contributed by atoms with E-state index in [1.54, 1.807) is 6.07 Å². The summed E-state index contributed by atoms with van der Waals surface area (Å²) in [6.45, 7) is 1.80. The second-order valence-electron chi connectivity index (χ2n) is 5.76. The topological polar surface area (TPSA) is 117 Å². The summed E-state index contributed by atoms with van der Waals surface area (Å²) in [6.07, 6.45) is 0.805. The minimum absolute atomic E-state index is 0.00163. The minimum atomic E-state index is -1.03. The summed E-state index contributed by atoms with van der Waals surface area (Å²) in [7, 11) is 1.43. The van der Waals surface area contributed by atoms with Gasteiger partial charge in [-0.25, -0.2) is 4.79 Å². The molecule has 2 rings (SSSR count). The third kappa shape index (κ3) is 5.89. The molecule has 0 spiro atoms. The van der Waals surface area contributed by atoms with Gasteiger partial charge in [-0.1, -0.05) is 6.92 Å². The Morgan fingerprint density at radius 1 is 1.17 bits per heavy atom. The highest BCUT2D eigenvalue weighted by Crippen LogP contribution is 2.28. The lowest BCUT2D eigenvalue weighted by Crippen LogP contribution is -2.21. The Kier molecular flexibility index (Phi) is 7.47. The van der Waals surface area contributed by atoms with Crippen LogP contribution in [0.2, 0.25) is 0 Å². The number of nitrogens with zero attached hydrogens (tertiary/aromatic N) is 1. The number of nitro groups is 1. The lowest BCUT2D eigenvalue weighted by atomic mass is 10.2. The summed E-state index contributed by atoms with van der Waals surface area (Å²) in [5.41, 5.74) is -0.633. The molecule has 2 aromatic carbocycles. The highest BCUT2D eigenvalue weighted by molar-refractivity contribution is 5.96. The van der Waals surface area contributed by atoms with E-state index in [1.165, 1.54) is 19.2 Å². The Bertz CT molecular complexity index is 917. The van der Waals surface area contributed by atoms with Crippen LogP contribution in [0.15, 0.2) is 36.4 Å². The summed E-state index contributed by atoms with van der Waals surface area (Å²) in [5, 5.41) is 13.0. The molecule has 0 aromatic heterocycles. The van der Waals surface area contributed by atoms with E-state index in [9.17, 15) is 24.1 Å². The van der Waals surface area contributed by atoms with Crippen LogP contribution < -0.4 is 14.8 Å². The molecule has 2 aromatic rings. The van der Waals surface area contributed by atoms with Gasteiger partial charge in [0.25, 0.3) is 5.91 Å². The fourth-order valence-corrected chi connectivity index (χ4v) is 2.27. The number of halogens is 1. The third-order valence-electron chi connectivity index (χ3n) is 3.62. The Hall–Kier alpha value is -3.69. The summed E-state index contributed by atoms with van der Waals surface area (Å²) in [5.74, 6) is -1.73. The molecular weight excluding hydrogens is 387 g/mol. The van der Waals surface area contributed by atoms with Gasteiger partial charge in [0.2, 0.25) is 5.82 Å². The molecule has 1 amide bonds. The van der Waals surface area contributed by atoms with E-state index < -0.39 is 34.9 Å². The number of amides is 1. The first kappa shape index (κ1) is 21.6. The number of ether oxygens (including phenoxy) is 3. The van der Waals surface area contributed by atoms with Crippen LogP contribution in [0.5, 0.6) is 11.5 Å². The fraction of sp³-hybridized carbons (Fsp3) is 0.263. The van der Waals surface area contributed by atoms with Gasteiger partial charge in [-0.3, -0.25) is 14.9 Å². The number of nitrogens with one attached hydrogen (secondary N) is 1. The number of methoxy groups -OCH3 is 1. The molecule has 0 unspecified atom stereocenters. The van der Waals surface area contributed by atoms with E-state index in [4.69, 9.17) is 14.2 Å². The van der Waals surface area contributed by atoms with Crippen LogP contribution in [0.25, 0.3) is 0 Å². The number of anilines is 1. The molecule has 1 N–H and O–H groups in total. The predicted octanol–water partition coefficient (Wildman–Crippen LogP) is 3.33. The van der Waals surface area contributed by atoms with Gasteiger partial charge in [0.1, 0.15) is 0 Å². The maximum atomic E-state index is 13.3. The van der Waals surface area contributed by atoms with Crippen LogP contribution in [-0.4, -0.2) is 37.1 Å². The van der Waals surface area contributed by atoms with Crippen molar-refractivity contribution in [1.29, 1.82) is 0 Å². The SMILES string of the molecule is CCCOc1ccc(C(=O)OCC(=O)Nc2ccc(F)c([N+](=O)[O-])c2)cc1OC. The zero-order valence-electron chi connectivity index (χ0n) is 15.8. The molecule has 0 saturated carbocycles. The predicted molar refractivity (Wildman–Crippen MR) is 101 cm³/mol.